The topological polar surface area (TPSA) is 54.3 Å². The molecule has 10 heteroatoms. The Hall–Kier alpha value is -2.04. The van der Waals surface area contributed by atoms with Crippen molar-refractivity contribution in [1.82, 2.24) is 9.29 Å². The molecule has 1 aromatic heterocycles. The molecule has 1 fully saturated rings. The van der Waals surface area contributed by atoms with Crippen LogP contribution >= 0.6 is 15.9 Å². The molecule has 1 saturated heterocycles. The fraction of sp³-hybridized carbons (Fsp3) is 0.263. The number of piperazine rings is 1. The van der Waals surface area contributed by atoms with Gasteiger partial charge < -0.3 is 10.2 Å². The van der Waals surface area contributed by atoms with Gasteiger partial charge in [-0.15, -0.1) is 0 Å². The summed E-state index contributed by atoms with van der Waals surface area (Å²) in [6, 6.07) is 10.7. The highest BCUT2D eigenvalue weighted by atomic mass is 79.9. The van der Waals surface area contributed by atoms with Gasteiger partial charge in [0.1, 0.15) is 4.90 Å². The maximum Gasteiger partial charge on any atom is 0.418 e. The number of hydrogen-bond donors (Lipinski definition) is 1. The van der Waals surface area contributed by atoms with E-state index in [4.69, 9.17) is 0 Å². The first-order valence-corrected chi connectivity index (χ1v) is 11.1. The van der Waals surface area contributed by atoms with Crippen molar-refractivity contribution in [2.45, 2.75) is 11.1 Å². The summed E-state index contributed by atoms with van der Waals surface area (Å²) in [6.07, 6.45) is -4.01. The van der Waals surface area contributed by atoms with Crippen molar-refractivity contribution in [1.29, 1.82) is 0 Å². The first-order valence-electron chi connectivity index (χ1n) is 8.88. The Morgan fingerprint density at radius 3 is 2.34 bits per heavy atom. The summed E-state index contributed by atoms with van der Waals surface area (Å²) in [5.74, 6) is 0. The van der Waals surface area contributed by atoms with E-state index >= 15 is 0 Å². The number of rotatable bonds is 3. The van der Waals surface area contributed by atoms with Gasteiger partial charge in [0.25, 0.3) is 10.0 Å². The number of nitrogens with zero attached hydrogens (tertiary/aromatic N) is 2. The summed E-state index contributed by atoms with van der Waals surface area (Å²) < 4.78 is 69.2. The summed E-state index contributed by atoms with van der Waals surface area (Å²) in [5, 5.41) is 3.06. The second-order valence-corrected chi connectivity index (χ2v) is 9.32. The molecule has 1 aliphatic heterocycles. The Balaban J connectivity index is 2.01. The third-order valence-corrected chi connectivity index (χ3v) is 7.60. The van der Waals surface area contributed by atoms with E-state index in [2.05, 4.69) is 21.2 Å². The fourth-order valence-corrected chi connectivity index (χ4v) is 5.91. The largest absolute Gasteiger partial charge is 0.418 e. The lowest BCUT2D eigenvalue weighted by Crippen LogP contribution is -2.43. The van der Waals surface area contributed by atoms with Crippen LogP contribution in [0.1, 0.15) is 5.56 Å². The van der Waals surface area contributed by atoms with Crippen molar-refractivity contribution < 1.29 is 21.6 Å². The van der Waals surface area contributed by atoms with Crippen molar-refractivity contribution >= 4 is 42.5 Å². The molecule has 0 radical (unpaired) electrons. The molecule has 2 aromatic carbocycles. The van der Waals surface area contributed by atoms with E-state index in [1.807, 2.05) is 4.90 Å². The molecule has 0 bridgehead atoms. The van der Waals surface area contributed by atoms with Gasteiger partial charge in [-0.2, -0.15) is 13.2 Å². The summed E-state index contributed by atoms with van der Waals surface area (Å²) in [4.78, 5) is 1.75. The highest BCUT2D eigenvalue weighted by molar-refractivity contribution is 9.10. The van der Waals surface area contributed by atoms with Crippen molar-refractivity contribution in [3.05, 3.63) is 58.7 Å². The highest BCUT2D eigenvalue weighted by Gasteiger charge is 2.38. The zero-order valence-corrected chi connectivity index (χ0v) is 17.5. The zero-order chi connectivity index (χ0) is 20.8. The fourth-order valence-electron chi connectivity index (χ4n) is 3.58. The number of alkyl halides is 3. The van der Waals surface area contributed by atoms with Crippen molar-refractivity contribution in [2.24, 2.45) is 0 Å². The number of halogens is 4. The van der Waals surface area contributed by atoms with Gasteiger partial charge in [0, 0.05) is 47.9 Å². The molecule has 1 N–H and O–H groups in total. The minimum absolute atomic E-state index is 0.00381. The van der Waals surface area contributed by atoms with Crippen LogP contribution in [0.5, 0.6) is 0 Å². The van der Waals surface area contributed by atoms with Gasteiger partial charge in [-0.1, -0.05) is 18.2 Å². The Morgan fingerprint density at radius 2 is 1.69 bits per heavy atom. The van der Waals surface area contributed by atoms with Crippen molar-refractivity contribution in [3.8, 4) is 0 Å². The van der Waals surface area contributed by atoms with Gasteiger partial charge in [-0.3, -0.25) is 0 Å². The maximum absolute atomic E-state index is 13.9. The van der Waals surface area contributed by atoms with E-state index < -0.39 is 21.8 Å². The van der Waals surface area contributed by atoms with Crippen LogP contribution in [0.4, 0.5) is 18.9 Å². The van der Waals surface area contributed by atoms with Crippen LogP contribution in [-0.2, 0) is 16.2 Å². The van der Waals surface area contributed by atoms with Crippen molar-refractivity contribution in [3.63, 3.8) is 0 Å². The summed E-state index contributed by atoms with van der Waals surface area (Å²) in [6.45, 7) is 2.37. The second-order valence-electron chi connectivity index (χ2n) is 6.68. The van der Waals surface area contributed by atoms with Crippen LogP contribution in [-0.4, -0.2) is 38.6 Å². The predicted molar refractivity (Wildman–Crippen MR) is 109 cm³/mol. The molecule has 154 valence electrons. The molecule has 0 saturated carbocycles. The lowest BCUT2D eigenvalue weighted by molar-refractivity contribution is -0.136. The minimum Gasteiger partial charge on any atom is -0.368 e. The molecule has 0 atom stereocenters. The number of aromatic nitrogens is 1. The van der Waals surface area contributed by atoms with E-state index in [0.29, 0.717) is 38.1 Å². The normalized spacial score (nSPS) is 15.8. The first-order chi connectivity index (χ1) is 13.7. The van der Waals surface area contributed by atoms with Gasteiger partial charge in [0.2, 0.25) is 0 Å². The molecular weight excluding hydrogens is 471 g/mol. The second kappa shape index (κ2) is 7.33. The van der Waals surface area contributed by atoms with Crippen LogP contribution < -0.4 is 10.2 Å². The van der Waals surface area contributed by atoms with E-state index in [1.165, 1.54) is 24.3 Å². The van der Waals surface area contributed by atoms with Gasteiger partial charge in [-0.05, 0) is 40.2 Å². The average Bonchev–Trinajstić information content (AvgIpc) is 3.10. The van der Waals surface area contributed by atoms with E-state index in [9.17, 15) is 21.6 Å². The van der Waals surface area contributed by atoms with Gasteiger partial charge >= 0.3 is 6.18 Å². The van der Waals surface area contributed by atoms with Crippen LogP contribution in [0.25, 0.3) is 10.9 Å². The van der Waals surface area contributed by atoms with Crippen LogP contribution in [0.2, 0.25) is 0 Å². The quantitative estimate of drug-likeness (QED) is 0.604. The van der Waals surface area contributed by atoms with Crippen LogP contribution in [0, 0.1) is 0 Å². The number of hydrogen-bond acceptors (Lipinski definition) is 4. The molecule has 0 spiro atoms. The highest BCUT2D eigenvalue weighted by Crippen LogP contribution is 2.42. The molecule has 3 aromatic rings. The lowest BCUT2D eigenvalue weighted by atomic mass is 10.1. The average molecular weight is 488 g/mol. The summed E-state index contributed by atoms with van der Waals surface area (Å²) in [5.41, 5.74) is -0.571. The summed E-state index contributed by atoms with van der Waals surface area (Å²) in [7, 11) is -4.24. The number of anilines is 1. The predicted octanol–water partition coefficient (Wildman–Crippen LogP) is 4.07. The molecule has 0 aliphatic carbocycles. The smallest absolute Gasteiger partial charge is 0.368 e. The Kier molecular flexibility index (Phi) is 5.12. The molecule has 5 nitrogen and oxygen atoms in total. The lowest BCUT2D eigenvalue weighted by Gasteiger charge is -2.30. The molecule has 0 amide bonds. The third kappa shape index (κ3) is 3.53. The van der Waals surface area contributed by atoms with E-state index in [-0.39, 0.29) is 20.3 Å². The Labute approximate surface area is 174 Å². The van der Waals surface area contributed by atoms with E-state index in [0.717, 1.165) is 3.97 Å². The molecule has 2 heterocycles. The van der Waals surface area contributed by atoms with Crippen LogP contribution in [0.15, 0.2) is 58.0 Å². The van der Waals surface area contributed by atoms with Crippen molar-refractivity contribution in [2.75, 3.05) is 31.1 Å². The first kappa shape index (κ1) is 20.2. The molecule has 29 heavy (non-hydrogen) atoms. The van der Waals surface area contributed by atoms with Gasteiger partial charge in [0.05, 0.1) is 11.1 Å². The number of nitrogens with one attached hydrogen (secondary N) is 1. The Bertz CT molecular complexity index is 1170. The third-order valence-electron chi connectivity index (χ3n) is 4.91. The maximum atomic E-state index is 13.9. The zero-order valence-electron chi connectivity index (χ0n) is 15.1. The molecule has 4 rings (SSSR count). The number of benzene rings is 2. The SMILES string of the molecule is O=S(=O)(c1ccccc1Br)n1cc(C(F)(F)F)c2c(N3CCNCC3)cccc21. The monoisotopic (exact) mass is 487 g/mol. The van der Waals surface area contributed by atoms with Gasteiger partial charge in [-0.25, -0.2) is 12.4 Å². The van der Waals surface area contributed by atoms with Gasteiger partial charge in [0.15, 0.2) is 0 Å². The molecule has 1 aliphatic rings. The molecule has 0 unspecified atom stereocenters. The molecular formula is C19H17BrF3N3O2S. The van der Waals surface area contributed by atoms with Crippen LogP contribution in [0.3, 0.4) is 0 Å². The minimum atomic E-state index is -4.70. The standard InChI is InChI=1S/C19H17BrF3N3O2S/c20-14-4-1-2-7-17(14)29(27,28)26-12-13(19(21,22)23)18-15(5-3-6-16(18)26)25-10-8-24-9-11-25/h1-7,12,24H,8-11H2. The number of fused-ring (bicyclic) bond motifs is 1. The van der Waals surface area contributed by atoms with E-state index in [1.54, 1.807) is 18.2 Å². The Morgan fingerprint density at radius 1 is 1.00 bits per heavy atom. The summed E-state index contributed by atoms with van der Waals surface area (Å²) >= 11 is 3.19.